The predicted molar refractivity (Wildman–Crippen MR) is 141 cm³/mol. The summed E-state index contributed by atoms with van der Waals surface area (Å²) in [5.74, 6) is 4.00. The molecule has 6 atom stereocenters. The predicted octanol–water partition coefficient (Wildman–Crippen LogP) is 10.1. The first kappa shape index (κ1) is 24.3. The minimum absolute atomic E-state index is 0.556. The number of rotatable bonds is 6. The molecule has 4 aliphatic carbocycles. The fraction of sp³-hybridized carbons (Fsp3) is 0.812. The summed E-state index contributed by atoms with van der Waals surface area (Å²) < 4.78 is 0. The van der Waals surface area contributed by atoms with Gasteiger partial charge in [0.25, 0.3) is 0 Å². The Balaban J connectivity index is 1.38. The molecule has 0 heteroatoms. The smallest absolute Gasteiger partial charge is 0.0143 e. The zero-order valence-corrected chi connectivity index (χ0v) is 22.1. The Kier molecular flexibility index (Phi) is 7.48. The van der Waals surface area contributed by atoms with Crippen LogP contribution in [0.1, 0.15) is 125 Å². The summed E-state index contributed by atoms with van der Waals surface area (Å²) in [6, 6.07) is 0. The van der Waals surface area contributed by atoms with Crippen LogP contribution >= 0.6 is 0 Å². The largest absolute Gasteiger partial charge is 0.0993 e. The van der Waals surface area contributed by atoms with Gasteiger partial charge in [-0.05, 0) is 105 Å². The van der Waals surface area contributed by atoms with E-state index in [-0.39, 0.29) is 0 Å². The second-order valence-electron chi connectivity index (χ2n) is 13.3. The quantitative estimate of drug-likeness (QED) is 0.363. The summed E-state index contributed by atoms with van der Waals surface area (Å²) in [7, 11) is 0. The summed E-state index contributed by atoms with van der Waals surface area (Å²) >= 11 is 0. The van der Waals surface area contributed by atoms with Crippen LogP contribution < -0.4 is 0 Å². The SMILES string of the molecule is C=C1C(C)CC(=C/C=C2\CCCC3(C)C2CCC3C(C)CCCC2(C)CCCC2)C[C@H]1C. The maximum Gasteiger partial charge on any atom is -0.0143 e. The van der Waals surface area contributed by atoms with Crippen LogP contribution in [0.4, 0.5) is 0 Å². The molecule has 32 heavy (non-hydrogen) atoms. The van der Waals surface area contributed by atoms with Crippen LogP contribution in [0.2, 0.25) is 0 Å². The standard InChI is InChI=1S/C32H52/c1-23(11-9-19-31(5)17-7-8-18-31)29-15-16-30-28(12-10-20-32(29,30)6)14-13-27-21-24(2)26(4)25(3)22-27/h13-14,23-25,29-30H,4,7-12,15-22H2,1-3,5-6H3/b27-13?,28-14+/t23?,24-,25?,29?,30?,32?/m1/s1. The third-order valence-electron chi connectivity index (χ3n) is 10.9. The second-order valence-corrected chi connectivity index (χ2v) is 13.3. The van der Waals surface area contributed by atoms with Crippen molar-refractivity contribution in [3.63, 3.8) is 0 Å². The van der Waals surface area contributed by atoms with Gasteiger partial charge in [-0.15, -0.1) is 0 Å². The van der Waals surface area contributed by atoms with Gasteiger partial charge in [0.15, 0.2) is 0 Å². The number of hydrogen-bond acceptors (Lipinski definition) is 0. The molecule has 4 rings (SSSR count). The van der Waals surface area contributed by atoms with E-state index in [1.807, 2.05) is 0 Å². The van der Waals surface area contributed by atoms with Crippen molar-refractivity contribution in [1.29, 1.82) is 0 Å². The molecule has 0 aliphatic heterocycles. The van der Waals surface area contributed by atoms with Gasteiger partial charge in [0.05, 0.1) is 0 Å². The first-order valence-electron chi connectivity index (χ1n) is 14.3. The minimum Gasteiger partial charge on any atom is -0.0993 e. The maximum absolute atomic E-state index is 4.34. The topological polar surface area (TPSA) is 0 Å². The maximum atomic E-state index is 4.34. The third-order valence-corrected chi connectivity index (χ3v) is 10.9. The third kappa shape index (κ3) is 5.00. The zero-order chi connectivity index (χ0) is 22.9. The van der Waals surface area contributed by atoms with Crippen LogP contribution in [0.5, 0.6) is 0 Å². The van der Waals surface area contributed by atoms with Crippen molar-refractivity contribution < 1.29 is 0 Å². The summed E-state index contributed by atoms with van der Waals surface area (Å²) in [4.78, 5) is 0. The number of fused-ring (bicyclic) bond motifs is 1. The lowest BCUT2D eigenvalue weighted by atomic mass is 9.60. The van der Waals surface area contributed by atoms with Crippen molar-refractivity contribution in [3.05, 3.63) is 35.5 Å². The van der Waals surface area contributed by atoms with E-state index < -0.39 is 0 Å². The Bertz CT molecular complexity index is 713. The highest BCUT2D eigenvalue weighted by Gasteiger charge is 2.50. The van der Waals surface area contributed by atoms with E-state index in [1.165, 1.54) is 95.5 Å². The van der Waals surface area contributed by atoms with E-state index in [0.29, 0.717) is 22.7 Å². The van der Waals surface area contributed by atoms with Crippen LogP contribution in [0.25, 0.3) is 0 Å². The Hall–Kier alpha value is -0.780. The lowest BCUT2D eigenvalue weighted by molar-refractivity contribution is 0.0915. The molecule has 0 radical (unpaired) electrons. The average Bonchev–Trinajstić information content (AvgIpc) is 3.33. The molecule has 0 aromatic heterocycles. The van der Waals surface area contributed by atoms with Crippen LogP contribution in [0.3, 0.4) is 0 Å². The van der Waals surface area contributed by atoms with Gasteiger partial charge in [0, 0.05) is 0 Å². The van der Waals surface area contributed by atoms with Gasteiger partial charge in [-0.25, -0.2) is 0 Å². The van der Waals surface area contributed by atoms with Crippen LogP contribution in [-0.2, 0) is 0 Å². The molecule has 0 spiro atoms. The van der Waals surface area contributed by atoms with Gasteiger partial charge < -0.3 is 0 Å². The molecule has 0 N–H and O–H groups in total. The van der Waals surface area contributed by atoms with E-state index in [4.69, 9.17) is 0 Å². The number of allylic oxidation sites excluding steroid dienone is 5. The van der Waals surface area contributed by atoms with E-state index in [2.05, 4.69) is 53.3 Å². The minimum atomic E-state index is 0.556. The molecule has 0 aromatic rings. The summed E-state index contributed by atoms with van der Waals surface area (Å²) in [5, 5.41) is 0. The fourth-order valence-corrected chi connectivity index (χ4v) is 8.72. The first-order valence-corrected chi connectivity index (χ1v) is 14.3. The summed E-state index contributed by atoms with van der Waals surface area (Å²) in [5.41, 5.74) is 6.16. The van der Waals surface area contributed by atoms with Crippen molar-refractivity contribution in [2.75, 3.05) is 0 Å². The van der Waals surface area contributed by atoms with Crippen molar-refractivity contribution in [2.24, 2.45) is 40.4 Å². The van der Waals surface area contributed by atoms with E-state index in [0.717, 1.165) is 17.8 Å². The first-order chi connectivity index (χ1) is 15.2. The van der Waals surface area contributed by atoms with Crippen molar-refractivity contribution in [2.45, 2.75) is 125 Å². The molecule has 0 saturated heterocycles. The molecular weight excluding hydrogens is 384 g/mol. The summed E-state index contributed by atoms with van der Waals surface area (Å²) in [6.07, 6.45) is 25.1. The molecule has 4 fully saturated rings. The molecule has 180 valence electrons. The summed E-state index contributed by atoms with van der Waals surface area (Å²) in [6.45, 7) is 16.9. The van der Waals surface area contributed by atoms with E-state index in [1.54, 1.807) is 11.1 Å². The normalized spacial score (nSPS) is 40.7. The molecule has 4 aliphatic rings. The highest BCUT2D eigenvalue weighted by molar-refractivity contribution is 5.28. The van der Waals surface area contributed by atoms with Crippen LogP contribution in [0, 0.1) is 40.4 Å². The molecule has 0 aromatic carbocycles. The number of hydrogen-bond donors (Lipinski definition) is 0. The molecule has 5 unspecified atom stereocenters. The van der Waals surface area contributed by atoms with Crippen molar-refractivity contribution in [1.82, 2.24) is 0 Å². The molecular formula is C32H52. The molecule has 0 amide bonds. The van der Waals surface area contributed by atoms with E-state index >= 15 is 0 Å². The van der Waals surface area contributed by atoms with Gasteiger partial charge in [-0.2, -0.15) is 0 Å². The van der Waals surface area contributed by atoms with Gasteiger partial charge in [-0.3, -0.25) is 0 Å². The Morgan fingerprint density at radius 3 is 2.34 bits per heavy atom. The molecule has 4 saturated carbocycles. The van der Waals surface area contributed by atoms with Crippen molar-refractivity contribution >= 4 is 0 Å². The average molecular weight is 437 g/mol. The van der Waals surface area contributed by atoms with Gasteiger partial charge >= 0.3 is 0 Å². The van der Waals surface area contributed by atoms with Gasteiger partial charge in [0.1, 0.15) is 0 Å². The van der Waals surface area contributed by atoms with Gasteiger partial charge in [0.2, 0.25) is 0 Å². The highest BCUT2D eigenvalue weighted by atomic mass is 14.5. The molecule has 0 nitrogen and oxygen atoms in total. The Morgan fingerprint density at radius 1 is 0.969 bits per heavy atom. The van der Waals surface area contributed by atoms with Gasteiger partial charge in [-0.1, -0.05) is 95.8 Å². The zero-order valence-electron chi connectivity index (χ0n) is 22.1. The van der Waals surface area contributed by atoms with Crippen LogP contribution in [-0.4, -0.2) is 0 Å². The van der Waals surface area contributed by atoms with E-state index in [9.17, 15) is 0 Å². The lowest BCUT2D eigenvalue weighted by Gasteiger charge is -2.44. The monoisotopic (exact) mass is 436 g/mol. The molecule has 0 heterocycles. The van der Waals surface area contributed by atoms with Crippen molar-refractivity contribution in [3.8, 4) is 0 Å². The lowest BCUT2D eigenvalue weighted by Crippen LogP contribution is -2.36. The van der Waals surface area contributed by atoms with Crippen LogP contribution in [0.15, 0.2) is 35.5 Å². The second kappa shape index (κ2) is 9.84. The molecule has 0 bridgehead atoms. The fourth-order valence-electron chi connectivity index (χ4n) is 8.72. The Morgan fingerprint density at radius 2 is 1.66 bits per heavy atom. The highest BCUT2D eigenvalue weighted by Crippen LogP contribution is 2.60. The Labute approximate surface area is 200 Å².